The molecule has 0 atom stereocenters. The largest absolute Gasteiger partial charge is 0.497 e. The van der Waals surface area contributed by atoms with E-state index in [0.29, 0.717) is 12.1 Å². The molecule has 0 bridgehead atoms. The number of benzene rings is 1. The maximum atomic E-state index is 12.4. The molecule has 1 N–H and O–H groups in total. The molecule has 1 amide bonds. The number of piperidine rings is 1. The standard InChI is InChI=1S/C21H27N3O2/c1-16-9-13-24(14-10-16)20-15-18(8-12-22-20)21(25)23-11-7-17-3-5-19(26-2)6-4-17/h3-6,8,12,15-16H,7,9-11,13-14H2,1-2H3,(H,23,25). The van der Waals surface area contributed by atoms with Gasteiger partial charge in [0, 0.05) is 31.4 Å². The average Bonchev–Trinajstić information content (AvgIpc) is 2.69. The van der Waals surface area contributed by atoms with Crippen molar-refractivity contribution < 1.29 is 9.53 Å². The Balaban J connectivity index is 1.53. The maximum absolute atomic E-state index is 12.4. The Bertz CT molecular complexity index is 722. The summed E-state index contributed by atoms with van der Waals surface area (Å²) in [5.41, 5.74) is 1.84. The van der Waals surface area contributed by atoms with Gasteiger partial charge in [-0.2, -0.15) is 0 Å². The number of carbonyl (C=O) groups is 1. The minimum atomic E-state index is -0.0486. The number of nitrogens with one attached hydrogen (secondary N) is 1. The quantitative estimate of drug-likeness (QED) is 0.866. The number of methoxy groups -OCH3 is 1. The third-order valence-electron chi connectivity index (χ3n) is 4.97. The number of carbonyl (C=O) groups excluding carboxylic acids is 1. The summed E-state index contributed by atoms with van der Waals surface area (Å²) in [4.78, 5) is 19.2. The Labute approximate surface area is 155 Å². The van der Waals surface area contributed by atoms with Crippen LogP contribution in [0.25, 0.3) is 0 Å². The predicted molar refractivity (Wildman–Crippen MR) is 104 cm³/mol. The van der Waals surface area contributed by atoms with Crippen molar-refractivity contribution in [2.24, 2.45) is 5.92 Å². The van der Waals surface area contributed by atoms with Crippen molar-refractivity contribution in [1.29, 1.82) is 0 Å². The first kappa shape index (κ1) is 18.2. The van der Waals surface area contributed by atoms with Crippen LogP contribution in [-0.4, -0.2) is 37.6 Å². The summed E-state index contributed by atoms with van der Waals surface area (Å²) in [7, 11) is 1.66. The predicted octanol–water partition coefficient (Wildman–Crippen LogP) is 3.30. The van der Waals surface area contributed by atoms with Gasteiger partial charge in [0.15, 0.2) is 0 Å². The lowest BCUT2D eigenvalue weighted by Crippen LogP contribution is -2.33. The lowest BCUT2D eigenvalue weighted by Gasteiger charge is -2.31. The van der Waals surface area contributed by atoms with Gasteiger partial charge in [-0.3, -0.25) is 4.79 Å². The first-order chi connectivity index (χ1) is 12.7. The molecule has 0 spiro atoms. The number of pyridine rings is 1. The third kappa shape index (κ3) is 4.75. The van der Waals surface area contributed by atoms with Gasteiger partial charge in [0.1, 0.15) is 11.6 Å². The van der Waals surface area contributed by atoms with Gasteiger partial charge >= 0.3 is 0 Å². The van der Waals surface area contributed by atoms with Gasteiger partial charge in [-0.15, -0.1) is 0 Å². The fourth-order valence-corrected chi connectivity index (χ4v) is 3.18. The summed E-state index contributed by atoms with van der Waals surface area (Å²) >= 11 is 0. The number of hydrogen-bond donors (Lipinski definition) is 1. The second-order valence-corrected chi connectivity index (χ2v) is 6.93. The number of aromatic nitrogens is 1. The molecule has 1 aromatic carbocycles. The Morgan fingerprint density at radius 1 is 1.23 bits per heavy atom. The van der Waals surface area contributed by atoms with Crippen LogP contribution in [0.5, 0.6) is 5.75 Å². The molecular weight excluding hydrogens is 326 g/mol. The van der Waals surface area contributed by atoms with Crippen LogP contribution in [0.1, 0.15) is 35.7 Å². The van der Waals surface area contributed by atoms with Gasteiger partial charge in [0.2, 0.25) is 0 Å². The molecule has 0 aliphatic carbocycles. The molecule has 1 fully saturated rings. The van der Waals surface area contributed by atoms with Crippen molar-refractivity contribution in [2.75, 3.05) is 31.6 Å². The molecule has 3 rings (SSSR count). The van der Waals surface area contributed by atoms with Crippen LogP contribution in [0.3, 0.4) is 0 Å². The van der Waals surface area contributed by atoms with E-state index in [9.17, 15) is 4.79 Å². The summed E-state index contributed by atoms with van der Waals surface area (Å²) in [6.07, 6.45) is 4.88. The summed E-state index contributed by atoms with van der Waals surface area (Å²) in [5, 5.41) is 3.00. The highest BCUT2D eigenvalue weighted by Crippen LogP contribution is 2.21. The van der Waals surface area contributed by atoms with Gasteiger partial charge < -0.3 is 15.0 Å². The number of rotatable bonds is 6. The zero-order chi connectivity index (χ0) is 18.4. The maximum Gasteiger partial charge on any atom is 0.251 e. The first-order valence-electron chi connectivity index (χ1n) is 9.28. The van der Waals surface area contributed by atoms with Crippen molar-refractivity contribution >= 4 is 11.7 Å². The van der Waals surface area contributed by atoms with Gasteiger partial charge in [-0.05, 0) is 55.0 Å². The van der Waals surface area contributed by atoms with Crippen LogP contribution in [0.2, 0.25) is 0 Å². The molecule has 2 heterocycles. The highest BCUT2D eigenvalue weighted by atomic mass is 16.5. The fraction of sp³-hybridized carbons (Fsp3) is 0.429. The number of ether oxygens (including phenoxy) is 1. The second kappa shape index (κ2) is 8.70. The topological polar surface area (TPSA) is 54.5 Å². The first-order valence-corrected chi connectivity index (χ1v) is 9.28. The van der Waals surface area contributed by atoms with E-state index in [1.54, 1.807) is 19.4 Å². The van der Waals surface area contributed by atoms with Crippen molar-refractivity contribution in [1.82, 2.24) is 10.3 Å². The molecule has 1 saturated heterocycles. The van der Waals surface area contributed by atoms with Crippen LogP contribution in [0, 0.1) is 5.92 Å². The second-order valence-electron chi connectivity index (χ2n) is 6.93. The molecule has 0 saturated carbocycles. The number of hydrogen-bond acceptors (Lipinski definition) is 4. The third-order valence-corrected chi connectivity index (χ3v) is 4.97. The van der Waals surface area contributed by atoms with E-state index < -0.39 is 0 Å². The summed E-state index contributed by atoms with van der Waals surface area (Å²) in [6.45, 7) is 4.91. The lowest BCUT2D eigenvalue weighted by molar-refractivity contribution is 0.0954. The van der Waals surface area contributed by atoms with E-state index in [1.165, 1.54) is 18.4 Å². The number of amides is 1. The van der Waals surface area contributed by atoms with Crippen LogP contribution >= 0.6 is 0 Å². The van der Waals surface area contributed by atoms with E-state index in [1.807, 2.05) is 30.3 Å². The molecule has 0 radical (unpaired) electrons. The Kier molecular flexibility index (Phi) is 6.10. The Morgan fingerprint density at radius 2 is 1.96 bits per heavy atom. The summed E-state index contributed by atoms with van der Waals surface area (Å²) < 4.78 is 5.16. The van der Waals surface area contributed by atoms with Crippen molar-refractivity contribution in [2.45, 2.75) is 26.2 Å². The van der Waals surface area contributed by atoms with Gasteiger partial charge in [0.05, 0.1) is 7.11 Å². The monoisotopic (exact) mass is 353 g/mol. The Morgan fingerprint density at radius 3 is 2.65 bits per heavy atom. The van der Waals surface area contributed by atoms with Gasteiger partial charge in [-0.25, -0.2) is 4.98 Å². The molecule has 1 aromatic heterocycles. The molecule has 5 nitrogen and oxygen atoms in total. The summed E-state index contributed by atoms with van der Waals surface area (Å²) in [5.74, 6) is 2.47. The minimum absolute atomic E-state index is 0.0486. The summed E-state index contributed by atoms with van der Waals surface area (Å²) in [6, 6.07) is 11.6. The molecule has 2 aromatic rings. The Hall–Kier alpha value is -2.56. The zero-order valence-corrected chi connectivity index (χ0v) is 15.6. The van der Waals surface area contributed by atoms with E-state index in [4.69, 9.17) is 4.74 Å². The van der Waals surface area contributed by atoms with Crippen LogP contribution in [0.4, 0.5) is 5.82 Å². The SMILES string of the molecule is COc1ccc(CCNC(=O)c2ccnc(N3CCC(C)CC3)c2)cc1. The van der Waals surface area contributed by atoms with Crippen molar-refractivity contribution in [3.05, 3.63) is 53.7 Å². The van der Waals surface area contributed by atoms with E-state index in [-0.39, 0.29) is 5.91 Å². The molecule has 0 unspecified atom stereocenters. The van der Waals surface area contributed by atoms with Crippen LogP contribution < -0.4 is 15.0 Å². The van der Waals surface area contributed by atoms with Crippen molar-refractivity contribution in [3.8, 4) is 5.75 Å². The lowest BCUT2D eigenvalue weighted by atomic mass is 9.99. The highest BCUT2D eigenvalue weighted by molar-refractivity contribution is 5.94. The molecular formula is C21H27N3O2. The smallest absolute Gasteiger partial charge is 0.251 e. The van der Waals surface area contributed by atoms with Crippen LogP contribution in [0.15, 0.2) is 42.6 Å². The highest BCUT2D eigenvalue weighted by Gasteiger charge is 2.18. The normalized spacial score (nSPS) is 14.9. The zero-order valence-electron chi connectivity index (χ0n) is 15.6. The van der Waals surface area contributed by atoms with Crippen molar-refractivity contribution in [3.63, 3.8) is 0 Å². The van der Waals surface area contributed by atoms with E-state index >= 15 is 0 Å². The van der Waals surface area contributed by atoms with Gasteiger partial charge in [0.25, 0.3) is 5.91 Å². The number of nitrogens with zero attached hydrogens (tertiary/aromatic N) is 2. The average molecular weight is 353 g/mol. The van der Waals surface area contributed by atoms with E-state index in [2.05, 4.69) is 22.1 Å². The molecule has 26 heavy (non-hydrogen) atoms. The minimum Gasteiger partial charge on any atom is -0.497 e. The molecule has 5 heteroatoms. The molecule has 1 aliphatic rings. The van der Waals surface area contributed by atoms with Gasteiger partial charge in [-0.1, -0.05) is 19.1 Å². The van der Waals surface area contributed by atoms with Crippen LogP contribution in [-0.2, 0) is 6.42 Å². The number of anilines is 1. The molecule has 1 aliphatic heterocycles. The molecule has 138 valence electrons. The van der Waals surface area contributed by atoms with E-state index in [0.717, 1.165) is 37.0 Å². The fourth-order valence-electron chi connectivity index (χ4n) is 3.18.